The Morgan fingerprint density at radius 2 is 2.17 bits per heavy atom. The van der Waals surface area contributed by atoms with Gasteiger partial charge in [-0.25, -0.2) is 0 Å². The second kappa shape index (κ2) is 0.969. The molecule has 0 heterocycles. The lowest BCUT2D eigenvalue weighted by Gasteiger charge is -2.00. The second-order valence-electron chi connectivity index (χ2n) is 1.89. The number of hydrogen-bond donors (Lipinski definition) is 0. The van der Waals surface area contributed by atoms with Gasteiger partial charge < -0.3 is 4.74 Å². The van der Waals surface area contributed by atoms with Crippen molar-refractivity contribution in [2.24, 2.45) is 0 Å². The molecule has 0 aliphatic heterocycles. The minimum Gasteiger partial charge on any atom is -0.378 e. The van der Waals surface area contributed by atoms with E-state index in [2.05, 4.69) is 6.92 Å². The molecule has 1 heteroatoms. The van der Waals surface area contributed by atoms with E-state index in [4.69, 9.17) is 4.74 Å². The maximum Gasteiger partial charge on any atom is 0.0682 e. The lowest BCUT2D eigenvalue weighted by molar-refractivity contribution is 0.119. The van der Waals surface area contributed by atoms with Crippen LogP contribution < -0.4 is 0 Å². The summed E-state index contributed by atoms with van der Waals surface area (Å²) in [7, 11) is 1.71. The number of methoxy groups -OCH3 is 1. The van der Waals surface area contributed by atoms with Gasteiger partial charge in [0.15, 0.2) is 0 Å². The molecule has 1 aliphatic carbocycles. The highest BCUT2D eigenvalue weighted by Gasteiger charge is 2.37. The Balaban J connectivity index is 2.28. The normalized spacial score (nSPS) is 27.0. The predicted molar refractivity (Wildman–Crippen MR) is 24.3 cm³/mol. The summed E-state index contributed by atoms with van der Waals surface area (Å²) in [5, 5.41) is 0. The quantitative estimate of drug-likeness (QED) is 0.461. The summed E-state index contributed by atoms with van der Waals surface area (Å²) in [4.78, 5) is 0. The Kier molecular flexibility index (Phi) is 0.667. The van der Waals surface area contributed by atoms with Crippen molar-refractivity contribution in [3.8, 4) is 0 Å². The Morgan fingerprint density at radius 3 is 2.17 bits per heavy atom. The summed E-state index contributed by atoms with van der Waals surface area (Å²) in [6.45, 7) is 3.78. The maximum atomic E-state index is 4.94. The van der Waals surface area contributed by atoms with E-state index in [-0.39, 0.29) is 5.60 Å². The molecule has 0 spiro atoms. The van der Waals surface area contributed by atoms with Gasteiger partial charge >= 0.3 is 0 Å². The minimum atomic E-state index is 0.0417. The zero-order valence-electron chi connectivity index (χ0n) is 4.03. The van der Waals surface area contributed by atoms with Crippen molar-refractivity contribution in [3.63, 3.8) is 0 Å². The third kappa shape index (κ3) is 0.548. The van der Waals surface area contributed by atoms with Crippen LogP contribution in [0.5, 0.6) is 0 Å². The van der Waals surface area contributed by atoms with Crippen LogP contribution in [0.1, 0.15) is 12.8 Å². The Hall–Kier alpha value is -0.0400. The highest BCUT2D eigenvalue weighted by atomic mass is 16.5. The van der Waals surface area contributed by atoms with Crippen LogP contribution in [0.4, 0.5) is 0 Å². The lowest BCUT2D eigenvalue weighted by atomic mass is 10.4. The van der Waals surface area contributed by atoms with Crippen LogP contribution in [0.3, 0.4) is 0 Å². The molecule has 1 rings (SSSR count). The van der Waals surface area contributed by atoms with Gasteiger partial charge in [0.25, 0.3) is 0 Å². The zero-order chi connectivity index (χ0) is 4.62. The van der Waals surface area contributed by atoms with Crippen molar-refractivity contribution in [3.05, 3.63) is 6.92 Å². The summed E-state index contributed by atoms with van der Waals surface area (Å²) >= 11 is 0. The zero-order valence-corrected chi connectivity index (χ0v) is 4.03. The van der Waals surface area contributed by atoms with E-state index in [1.54, 1.807) is 7.11 Å². The molecule has 0 atom stereocenters. The first-order valence-corrected chi connectivity index (χ1v) is 2.17. The molecule has 35 valence electrons. The molecule has 1 aliphatic rings. The summed E-state index contributed by atoms with van der Waals surface area (Å²) in [5.74, 6) is 0. The standard InChI is InChI=1S/C5H9O/c1-5(6-2)3-4-5/h1,3-4H2,2H3. The smallest absolute Gasteiger partial charge is 0.0682 e. The molecule has 1 nitrogen and oxygen atoms in total. The first-order valence-electron chi connectivity index (χ1n) is 2.17. The van der Waals surface area contributed by atoms with Gasteiger partial charge in [-0.05, 0) is 19.8 Å². The predicted octanol–water partition coefficient (Wildman–Crippen LogP) is 0.999. The number of rotatable bonds is 1. The van der Waals surface area contributed by atoms with Crippen molar-refractivity contribution in [2.45, 2.75) is 18.4 Å². The van der Waals surface area contributed by atoms with Crippen LogP contribution >= 0.6 is 0 Å². The average molecular weight is 85.1 g/mol. The third-order valence-electron chi connectivity index (χ3n) is 1.24. The fourth-order valence-corrected chi connectivity index (χ4v) is 0.344. The summed E-state index contributed by atoms with van der Waals surface area (Å²) in [6.07, 6.45) is 2.28. The van der Waals surface area contributed by atoms with Crippen LogP contribution in [0.25, 0.3) is 0 Å². The summed E-state index contributed by atoms with van der Waals surface area (Å²) < 4.78 is 4.94. The van der Waals surface area contributed by atoms with Gasteiger partial charge in [-0.3, -0.25) is 0 Å². The maximum absolute atomic E-state index is 4.94. The van der Waals surface area contributed by atoms with Crippen molar-refractivity contribution < 1.29 is 4.74 Å². The topological polar surface area (TPSA) is 9.23 Å². The number of hydrogen-bond acceptors (Lipinski definition) is 1. The Morgan fingerprint density at radius 1 is 1.67 bits per heavy atom. The van der Waals surface area contributed by atoms with Crippen molar-refractivity contribution in [1.29, 1.82) is 0 Å². The van der Waals surface area contributed by atoms with Crippen molar-refractivity contribution in [2.75, 3.05) is 7.11 Å². The summed E-state index contributed by atoms with van der Waals surface area (Å²) in [5.41, 5.74) is 0.0417. The van der Waals surface area contributed by atoms with Gasteiger partial charge in [0.2, 0.25) is 0 Å². The molecule has 1 radical (unpaired) electrons. The van der Waals surface area contributed by atoms with Gasteiger partial charge in [0.1, 0.15) is 0 Å². The molecule has 0 saturated heterocycles. The van der Waals surface area contributed by atoms with Crippen molar-refractivity contribution in [1.82, 2.24) is 0 Å². The molecular formula is C5H9O. The third-order valence-corrected chi connectivity index (χ3v) is 1.24. The monoisotopic (exact) mass is 85.1 g/mol. The second-order valence-corrected chi connectivity index (χ2v) is 1.89. The van der Waals surface area contributed by atoms with Crippen LogP contribution in [-0.4, -0.2) is 12.7 Å². The fraction of sp³-hybridized carbons (Fsp3) is 0.800. The van der Waals surface area contributed by atoms with E-state index in [0.29, 0.717) is 0 Å². The van der Waals surface area contributed by atoms with Gasteiger partial charge in [0, 0.05) is 7.11 Å². The van der Waals surface area contributed by atoms with Gasteiger partial charge in [-0.1, -0.05) is 0 Å². The molecule has 1 saturated carbocycles. The fourth-order valence-electron chi connectivity index (χ4n) is 0.344. The molecule has 0 aromatic heterocycles. The molecular weight excluding hydrogens is 76.1 g/mol. The highest BCUT2D eigenvalue weighted by Crippen LogP contribution is 2.36. The van der Waals surface area contributed by atoms with Gasteiger partial charge in [-0.15, -0.1) is 0 Å². The number of ether oxygens (including phenoxy) is 1. The Labute approximate surface area is 38.3 Å². The van der Waals surface area contributed by atoms with Crippen molar-refractivity contribution >= 4 is 0 Å². The molecule has 0 aromatic rings. The first-order chi connectivity index (χ1) is 2.77. The van der Waals surface area contributed by atoms with E-state index < -0.39 is 0 Å². The first kappa shape index (κ1) is 4.13. The van der Waals surface area contributed by atoms with Crippen LogP contribution in [0.15, 0.2) is 0 Å². The molecule has 0 N–H and O–H groups in total. The molecule has 0 bridgehead atoms. The average Bonchev–Trinajstić information content (AvgIpc) is 2.22. The lowest BCUT2D eigenvalue weighted by Crippen LogP contribution is -2.02. The molecule has 0 amide bonds. The molecule has 0 unspecified atom stereocenters. The highest BCUT2D eigenvalue weighted by molar-refractivity contribution is 4.97. The van der Waals surface area contributed by atoms with E-state index in [9.17, 15) is 0 Å². The van der Waals surface area contributed by atoms with Gasteiger partial charge in [0.05, 0.1) is 5.60 Å². The van der Waals surface area contributed by atoms with Crippen LogP contribution in [0.2, 0.25) is 0 Å². The van der Waals surface area contributed by atoms with E-state index in [1.807, 2.05) is 0 Å². The van der Waals surface area contributed by atoms with Gasteiger partial charge in [-0.2, -0.15) is 0 Å². The van der Waals surface area contributed by atoms with E-state index >= 15 is 0 Å². The summed E-state index contributed by atoms with van der Waals surface area (Å²) in [6, 6.07) is 0. The Bertz CT molecular complexity index is 55.0. The minimum absolute atomic E-state index is 0.0417. The molecule has 6 heavy (non-hydrogen) atoms. The van der Waals surface area contributed by atoms with E-state index in [0.717, 1.165) is 12.8 Å². The SMILES string of the molecule is [CH2]C1(OC)CC1. The van der Waals surface area contributed by atoms with Crippen LogP contribution in [0, 0.1) is 6.92 Å². The van der Waals surface area contributed by atoms with E-state index in [1.165, 1.54) is 0 Å². The molecule has 0 aromatic carbocycles. The largest absolute Gasteiger partial charge is 0.378 e. The molecule has 1 fully saturated rings. The van der Waals surface area contributed by atoms with Crippen LogP contribution in [-0.2, 0) is 4.74 Å².